The zero-order chi connectivity index (χ0) is 14.5. The predicted octanol–water partition coefficient (Wildman–Crippen LogP) is 3.04. The molecule has 106 valence electrons. The average molecular weight is 274 g/mol. The lowest BCUT2D eigenvalue weighted by atomic mass is 10.2. The van der Waals surface area contributed by atoms with Crippen LogP contribution in [0.3, 0.4) is 0 Å². The summed E-state index contributed by atoms with van der Waals surface area (Å²) in [5, 5.41) is 3.23. The molecule has 0 heterocycles. The molecule has 0 bridgehead atoms. The minimum absolute atomic E-state index is 0.628. The molecule has 0 spiro atoms. The van der Waals surface area contributed by atoms with Crippen LogP contribution in [0.5, 0.6) is 17.2 Å². The quantitative estimate of drug-likeness (QED) is 0.820. The fraction of sp³-hybridized carbons (Fsp3) is 0.200. The molecule has 2 aromatic carbocycles. The summed E-state index contributed by atoms with van der Waals surface area (Å²) in [5.41, 5.74) is 8.14. The van der Waals surface area contributed by atoms with Crippen molar-refractivity contribution in [3.05, 3.63) is 36.4 Å². The van der Waals surface area contributed by atoms with Crippen LogP contribution in [0, 0.1) is 0 Å². The zero-order valence-corrected chi connectivity index (χ0v) is 11.8. The van der Waals surface area contributed by atoms with Gasteiger partial charge in [-0.05, 0) is 24.3 Å². The molecule has 0 aromatic heterocycles. The molecule has 20 heavy (non-hydrogen) atoms. The van der Waals surface area contributed by atoms with E-state index in [2.05, 4.69) is 5.32 Å². The number of methoxy groups -OCH3 is 3. The van der Waals surface area contributed by atoms with Gasteiger partial charge in [0.2, 0.25) is 0 Å². The van der Waals surface area contributed by atoms with Crippen molar-refractivity contribution >= 4 is 17.1 Å². The zero-order valence-electron chi connectivity index (χ0n) is 11.8. The molecule has 0 saturated carbocycles. The lowest BCUT2D eigenvalue weighted by molar-refractivity contribution is 0.395. The Balaban J connectivity index is 2.34. The number of nitrogen functional groups attached to an aromatic ring is 1. The van der Waals surface area contributed by atoms with Gasteiger partial charge in [0.05, 0.1) is 38.4 Å². The van der Waals surface area contributed by atoms with Gasteiger partial charge in [0.15, 0.2) is 0 Å². The molecular formula is C15H18N2O3. The largest absolute Gasteiger partial charge is 0.497 e. The second-order valence-electron chi connectivity index (χ2n) is 4.14. The van der Waals surface area contributed by atoms with E-state index in [1.54, 1.807) is 33.5 Å². The number of hydrogen-bond acceptors (Lipinski definition) is 5. The van der Waals surface area contributed by atoms with Crippen LogP contribution < -0.4 is 25.3 Å². The highest BCUT2D eigenvalue weighted by atomic mass is 16.5. The summed E-state index contributed by atoms with van der Waals surface area (Å²) < 4.78 is 15.7. The van der Waals surface area contributed by atoms with Crippen LogP contribution in [0.4, 0.5) is 17.1 Å². The van der Waals surface area contributed by atoms with Crippen molar-refractivity contribution in [1.29, 1.82) is 0 Å². The Kier molecular flexibility index (Phi) is 4.20. The van der Waals surface area contributed by atoms with Gasteiger partial charge in [-0.2, -0.15) is 0 Å². The highest BCUT2D eigenvalue weighted by Gasteiger charge is 2.08. The third-order valence-corrected chi connectivity index (χ3v) is 2.94. The fourth-order valence-electron chi connectivity index (χ4n) is 1.82. The number of nitrogens with two attached hydrogens (primary N) is 1. The molecule has 2 aromatic rings. The Morgan fingerprint density at radius 3 is 2.10 bits per heavy atom. The Labute approximate surface area is 118 Å². The van der Waals surface area contributed by atoms with Crippen molar-refractivity contribution in [2.24, 2.45) is 0 Å². The summed E-state index contributed by atoms with van der Waals surface area (Å²) in [7, 11) is 4.83. The topological polar surface area (TPSA) is 65.7 Å². The van der Waals surface area contributed by atoms with Gasteiger partial charge >= 0.3 is 0 Å². The van der Waals surface area contributed by atoms with Gasteiger partial charge in [-0.25, -0.2) is 0 Å². The van der Waals surface area contributed by atoms with Crippen molar-refractivity contribution in [2.45, 2.75) is 0 Å². The molecule has 3 N–H and O–H groups in total. The van der Waals surface area contributed by atoms with Gasteiger partial charge in [-0.15, -0.1) is 0 Å². The Hall–Kier alpha value is -2.56. The van der Waals surface area contributed by atoms with E-state index in [0.717, 1.165) is 22.9 Å². The monoisotopic (exact) mass is 274 g/mol. The number of benzene rings is 2. The standard InChI is InChI=1S/C15H18N2O3/c1-18-10-4-6-12(16)14(8-10)17-13-7-5-11(19-2)9-15(13)20-3/h4-9,17H,16H2,1-3H3. The van der Waals surface area contributed by atoms with E-state index in [1.807, 2.05) is 24.3 Å². The Morgan fingerprint density at radius 2 is 1.45 bits per heavy atom. The van der Waals surface area contributed by atoms with E-state index in [-0.39, 0.29) is 0 Å². The lowest BCUT2D eigenvalue weighted by Gasteiger charge is -2.14. The smallest absolute Gasteiger partial charge is 0.145 e. The van der Waals surface area contributed by atoms with Crippen molar-refractivity contribution in [3.63, 3.8) is 0 Å². The van der Waals surface area contributed by atoms with Crippen LogP contribution in [0.1, 0.15) is 0 Å². The van der Waals surface area contributed by atoms with Gasteiger partial charge in [0.25, 0.3) is 0 Å². The second-order valence-corrected chi connectivity index (χ2v) is 4.14. The van der Waals surface area contributed by atoms with Gasteiger partial charge in [0.1, 0.15) is 17.2 Å². The first-order valence-corrected chi connectivity index (χ1v) is 6.10. The molecule has 5 heteroatoms. The minimum Gasteiger partial charge on any atom is -0.497 e. The molecule has 0 saturated heterocycles. The van der Waals surface area contributed by atoms with Crippen LogP contribution in [0.15, 0.2) is 36.4 Å². The van der Waals surface area contributed by atoms with Crippen LogP contribution in [-0.4, -0.2) is 21.3 Å². The van der Waals surface area contributed by atoms with Gasteiger partial charge in [-0.3, -0.25) is 0 Å². The first kappa shape index (κ1) is 13.9. The third kappa shape index (κ3) is 2.88. The molecule has 0 aliphatic heterocycles. The second kappa shape index (κ2) is 6.06. The molecular weight excluding hydrogens is 256 g/mol. The molecule has 2 rings (SSSR count). The first-order valence-electron chi connectivity index (χ1n) is 6.10. The van der Waals surface area contributed by atoms with E-state index in [9.17, 15) is 0 Å². The third-order valence-electron chi connectivity index (χ3n) is 2.94. The molecule has 0 radical (unpaired) electrons. The van der Waals surface area contributed by atoms with Crippen molar-refractivity contribution in [2.75, 3.05) is 32.4 Å². The van der Waals surface area contributed by atoms with E-state index >= 15 is 0 Å². The molecule has 0 aliphatic rings. The van der Waals surface area contributed by atoms with E-state index in [1.165, 1.54) is 0 Å². The normalized spacial score (nSPS) is 9.95. The van der Waals surface area contributed by atoms with Gasteiger partial charge in [-0.1, -0.05) is 0 Å². The maximum atomic E-state index is 5.96. The van der Waals surface area contributed by atoms with Crippen LogP contribution in [0.25, 0.3) is 0 Å². The van der Waals surface area contributed by atoms with Crippen LogP contribution in [0.2, 0.25) is 0 Å². The van der Waals surface area contributed by atoms with Crippen molar-refractivity contribution in [1.82, 2.24) is 0 Å². The summed E-state index contributed by atoms with van der Waals surface area (Å²) in [6.07, 6.45) is 0. The average Bonchev–Trinajstić information content (AvgIpc) is 2.49. The van der Waals surface area contributed by atoms with Crippen molar-refractivity contribution in [3.8, 4) is 17.2 Å². The Bertz CT molecular complexity index is 600. The summed E-state index contributed by atoms with van der Waals surface area (Å²) >= 11 is 0. The van der Waals surface area contributed by atoms with Gasteiger partial charge in [0, 0.05) is 12.1 Å². The summed E-state index contributed by atoms with van der Waals surface area (Å²) in [6, 6.07) is 11.0. The maximum absolute atomic E-state index is 5.96. The highest BCUT2D eigenvalue weighted by molar-refractivity contribution is 5.77. The molecule has 0 fully saturated rings. The molecule has 5 nitrogen and oxygen atoms in total. The number of ether oxygens (including phenoxy) is 3. The predicted molar refractivity (Wildman–Crippen MR) is 80.2 cm³/mol. The fourth-order valence-corrected chi connectivity index (χ4v) is 1.82. The number of anilines is 3. The molecule has 0 aliphatic carbocycles. The molecule has 0 unspecified atom stereocenters. The maximum Gasteiger partial charge on any atom is 0.145 e. The highest BCUT2D eigenvalue weighted by Crippen LogP contribution is 2.34. The number of nitrogens with one attached hydrogen (secondary N) is 1. The van der Waals surface area contributed by atoms with Gasteiger partial charge < -0.3 is 25.3 Å². The first-order chi connectivity index (χ1) is 9.67. The SMILES string of the molecule is COc1ccc(N)c(Nc2ccc(OC)cc2OC)c1. The number of rotatable bonds is 5. The molecule has 0 amide bonds. The van der Waals surface area contributed by atoms with Crippen molar-refractivity contribution < 1.29 is 14.2 Å². The van der Waals surface area contributed by atoms with Crippen LogP contribution in [-0.2, 0) is 0 Å². The summed E-state index contributed by atoms with van der Waals surface area (Å²) in [4.78, 5) is 0. The van der Waals surface area contributed by atoms with E-state index in [4.69, 9.17) is 19.9 Å². The van der Waals surface area contributed by atoms with Crippen LogP contribution >= 0.6 is 0 Å². The summed E-state index contributed by atoms with van der Waals surface area (Å²) in [5.74, 6) is 2.13. The lowest BCUT2D eigenvalue weighted by Crippen LogP contribution is -1.99. The minimum atomic E-state index is 0.628. The summed E-state index contributed by atoms with van der Waals surface area (Å²) in [6.45, 7) is 0. The van der Waals surface area contributed by atoms with E-state index < -0.39 is 0 Å². The molecule has 0 atom stereocenters. The van der Waals surface area contributed by atoms with E-state index in [0.29, 0.717) is 11.4 Å². The number of hydrogen-bond donors (Lipinski definition) is 2. The Morgan fingerprint density at radius 1 is 0.800 bits per heavy atom.